The van der Waals surface area contributed by atoms with Crippen molar-refractivity contribution in [1.82, 2.24) is 0 Å². The predicted octanol–water partition coefficient (Wildman–Crippen LogP) is 6.08. The highest BCUT2D eigenvalue weighted by Crippen LogP contribution is 2.42. The van der Waals surface area contributed by atoms with Crippen LogP contribution in [0.15, 0.2) is 77.3 Å². The first-order chi connectivity index (χ1) is 17.0. The summed E-state index contributed by atoms with van der Waals surface area (Å²) in [6.45, 7) is 0. The number of fused-ring (bicyclic) bond motifs is 3. The van der Waals surface area contributed by atoms with Gasteiger partial charge in [-0.15, -0.1) is 0 Å². The molecular formula is C26H16F3NO5S. The van der Waals surface area contributed by atoms with Crippen molar-refractivity contribution >= 4 is 26.7 Å². The van der Waals surface area contributed by atoms with E-state index in [-0.39, 0.29) is 10.6 Å². The molecule has 4 aromatic carbocycles. The molecule has 1 unspecified atom stereocenters. The standard InChI is InChI=1S/C26H16F3NO5S/c1-36(33,34)17-4-2-3-15(9-17)16-6-5-14-7-8-25-19(18(14)10-16)12-24(30(31)32)26(35-25)20-11-22(28)23(29)13-21(20)27/h2-13,26H,1H3. The van der Waals surface area contributed by atoms with Crippen molar-refractivity contribution in [3.63, 3.8) is 0 Å². The van der Waals surface area contributed by atoms with Gasteiger partial charge in [-0.25, -0.2) is 21.6 Å². The van der Waals surface area contributed by atoms with Crippen molar-refractivity contribution in [3.05, 3.63) is 111 Å². The third-order valence-corrected chi connectivity index (χ3v) is 7.07. The van der Waals surface area contributed by atoms with Gasteiger partial charge in [0.2, 0.25) is 6.10 Å². The molecule has 0 saturated carbocycles. The summed E-state index contributed by atoms with van der Waals surface area (Å²) in [6, 6.07) is 15.8. The van der Waals surface area contributed by atoms with Gasteiger partial charge in [0.15, 0.2) is 21.5 Å². The molecule has 0 bridgehead atoms. The van der Waals surface area contributed by atoms with Crippen molar-refractivity contribution in [1.29, 1.82) is 0 Å². The smallest absolute Gasteiger partial charge is 0.291 e. The fraction of sp³-hybridized carbons (Fsp3) is 0.0769. The summed E-state index contributed by atoms with van der Waals surface area (Å²) in [6.07, 6.45) is 0.731. The van der Waals surface area contributed by atoms with Gasteiger partial charge in [-0.05, 0) is 52.2 Å². The molecule has 6 nitrogen and oxygen atoms in total. The van der Waals surface area contributed by atoms with Crippen LogP contribution in [0.3, 0.4) is 0 Å². The summed E-state index contributed by atoms with van der Waals surface area (Å²) in [5.74, 6) is -3.77. The first kappa shape index (κ1) is 23.6. The van der Waals surface area contributed by atoms with Crippen molar-refractivity contribution in [2.75, 3.05) is 6.26 Å². The highest BCUT2D eigenvalue weighted by atomic mass is 32.2. The molecule has 1 heterocycles. The Morgan fingerprint density at radius 2 is 1.58 bits per heavy atom. The minimum Gasteiger partial charge on any atom is -0.474 e. The van der Waals surface area contributed by atoms with E-state index in [9.17, 15) is 31.7 Å². The van der Waals surface area contributed by atoms with E-state index in [2.05, 4.69) is 0 Å². The largest absolute Gasteiger partial charge is 0.474 e. The topological polar surface area (TPSA) is 86.5 Å². The summed E-state index contributed by atoms with van der Waals surface area (Å²) < 4.78 is 71.4. The summed E-state index contributed by atoms with van der Waals surface area (Å²) >= 11 is 0. The molecule has 0 radical (unpaired) electrons. The highest BCUT2D eigenvalue weighted by molar-refractivity contribution is 7.90. The van der Waals surface area contributed by atoms with Crippen LogP contribution in [0, 0.1) is 27.6 Å². The number of nitrogens with zero attached hydrogens (tertiary/aromatic N) is 1. The Kier molecular flexibility index (Phi) is 5.55. The normalized spacial score (nSPS) is 15.2. The molecule has 0 saturated heterocycles. The molecule has 0 aliphatic carbocycles. The van der Waals surface area contributed by atoms with Crippen LogP contribution in [0.5, 0.6) is 5.75 Å². The summed E-state index contributed by atoms with van der Waals surface area (Å²) in [7, 11) is -3.43. The molecule has 0 aromatic heterocycles. The third-order valence-electron chi connectivity index (χ3n) is 5.96. The van der Waals surface area contributed by atoms with Gasteiger partial charge in [-0.2, -0.15) is 0 Å². The molecule has 0 N–H and O–H groups in total. The van der Waals surface area contributed by atoms with E-state index in [1.54, 1.807) is 42.5 Å². The van der Waals surface area contributed by atoms with Gasteiger partial charge in [-0.1, -0.05) is 30.3 Å². The second kappa shape index (κ2) is 8.49. The van der Waals surface area contributed by atoms with Crippen LogP contribution in [0.1, 0.15) is 17.2 Å². The van der Waals surface area contributed by atoms with Crippen molar-refractivity contribution < 1.29 is 31.2 Å². The summed E-state index contributed by atoms with van der Waals surface area (Å²) in [5.41, 5.74) is 0.568. The molecule has 0 spiro atoms. The van der Waals surface area contributed by atoms with Gasteiger partial charge in [0.25, 0.3) is 5.70 Å². The van der Waals surface area contributed by atoms with E-state index in [0.717, 1.165) is 11.6 Å². The number of sulfone groups is 1. The van der Waals surface area contributed by atoms with E-state index in [1.807, 2.05) is 0 Å². The Morgan fingerprint density at radius 3 is 2.31 bits per heavy atom. The Morgan fingerprint density at radius 1 is 0.889 bits per heavy atom. The molecule has 0 amide bonds. The number of hydrogen-bond donors (Lipinski definition) is 0. The number of ether oxygens (including phenoxy) is 1. The molecule has 1 atom stereocenters. The lowest BCUT2D eigenvalue weighted by molar-refractivity contribution is -0.434. The van der Waals surface area contributed by atoms with E-state index in [4.69, 9.17) is 4.74 Å². The van der Waals surface area contributed by atoms with Crippen LogP contribution >= 0.6 is 0 Å². The maximum Gasteiger partial charge on any atom is 0.291 e. The van der Waals surface area contributed by atoms with Crippen LogP contribution in [0.2, 0.25) is 0 Å². The number of halogens is 3. The van der Waals surface area contributed by atoms with Crippen LogP contribution < -0.4 is 4.74 Å². The van der Waals surface area contributed by atoms with Crippen LogP contribution in [-0.4, -0.2) is 19.6 Å². The minimum atomic E-state index is -3.43. The van der Waals surface area contributed by atoms with E-state index >= 15 is 0 Å². The maximum absolute atomic E-state index is 14.5. The Bertz CT molecular complexity index is 1720. The van der Waals surface area contributed by atoms with Crippen molar-refractivity contribution in [2.24, 2.45) is 0 Å². The SMILES string of the molecule is CS(=O)(=O)c1cccc(-c2ccc3ccc4c(c3c2)C=C([N+](=O)[O-])C(c2cc(F)c(F)cc2F)O4)c1. The Hall–Kier alpha value is -4.18. The fourth-order valence-corrected chi connectivity index (χ4v) is 4.85. The molecule has 36 heavy (non-hydrogen) atoms. The van der Waals surface area contributed by atoms with Gasteiger partial charge in [0.05, 0.1) is 9.82 Å². The van der Waals surface area contributed by atoms with Crippen LogP contribution in [0.25, 0.3) is 28.0 Å². The molecule has 5 rings (SSSR count). The molecule has 182 valence electrons. The number of benzene rings is 4. The molecule has 1 aliphatic heterocycles. The zero-order valence-corrected chi connectivity index (χ0v) is 19.4. The lowest BCUT2D eigenvalue weighted by Gasteiger charge is -2.24. The van der Waals surface area contributed by atoms with Crippen LogP contribution in [-0.2, 0) is 9.84 Å². The van der Waals surface area contributed by atoms with Gasteiger partial charge < -0.3 is 4.74 Å². The first-order valence-electron chi connectivity index (χ1n) is 10.6. The average molecular weight is 511 g/mol. The highest BCUT2D eigenvalue weighted by Gasteiger charge is 2.36. The Balaban J connectivity index is 1.67. The summed E-state index contributed by atoms with van der Waals surface area (Å²) in [5, 5.41) is 13.2. The summed E-state index contributed by atoms with van der Waals surface area (Å²) in [4.78, 5) is 11.3. The average Bonchev–Trinajstić information content (AvgIpc) is 2.84. The lowest BCUT2D eigenvalue weighted by Crippen LogP contribution is -2.21. The molecular weight excluding hydrogens is 495 g/mol. The molecule has 1 aliphatic rings. The first-order valence-corrected chi connectivity index (χ1v) is 12.5. The van der Waals surface area contributed by atoms with Gasteiger partial charge in [0, 0.05) is 29.5 Å². The van der Waals surface area contributed by atoms with Gasteiger partial charge in [0.1, 0.15) is 11.6 Å². The lowest BCUT2D eigenvalue weighted by atomic mass is 9.94. The quantitative estimate of drug-likeness (QED) is 0.188. The molecule has 10 heteroatoms. The van der Waals surface area contributed by atoms with E-state index < -0.39 is 49.6 Å². The molecule has 0 fully saturated rings. The minimum absolute atomic E-state index is 0.144. The van der Waals surface area contributed by atoms with E-state index in [0.29, 0.717) is 34.2 Å². The second-order valence-corrected chi connectivity index (χ2v) is 10.3. The number of hydrogen-bond acceptors (Lipinski definition) is 5. The monoisotopic (exact) mass is 511 g/mol. The zero-order chi connectivity index (χ0) is 25.8. The maximum atomic E-state index is 14.5. The predicted molar refractivity (Wildman–Crippen MR) is 127 cm³/mol. The fourth-order valence-electron chi connectivity index (χ4n) is 4.18. The van der Waals surface area contributed by atoms with Crippen molar-refractivity contribution in [2.45, 2.75) is 11.0 Å². The van der Waals surface area contributed by atoms with Crippen molar-refractivity contribution in [3.8, 4) is 16.9 Å². The zero-order valence-electron chi connectivity index (χ0n) is 18.5. The molecule has 4 aromatic rings. The van der Waals surface area contributed by atoms with Crippen LogP contribution in [0.4, 0.5) is 13.2 Å². The van der Waals surface area contributed by atoms with Gasteiger partial charge >= 0.3 is 0 Å². The third kappa shape index (κ3) is 4.09. The van der Waals surface area contributed by atoms with Gasteiger partial charge in [-0.3, -0.25) is 10.1 Å². The number of nitro groups is 1. The second-order valence-electron chi connectivity index (χ2n) is 8.33. The Labute approximate surface area is 203 Å². The number of rotatable bonds is 4. The van der Waals surface area contributed by atoms with E-state index in [1.165, 1.54) is 18.2 Å².